The maximum atomic E-state index is 11.6. The Morgan fingerprint density at radius 2 is 2.20 bits per heavy atom. The average molecular weight is 148 g/mol. The molecule has 1 aliphatic rings. The molecule has 10 heavy (non-hydrogen) atoms. The topological polar surface area (TPSA) is 26.5 Å². The van der Waals surface area contributed by atoms with Crippen LogP contribution in [0.3, 0.4) is 0 Å². The van der Waals surface area contributed by atoms with Gasteiger partial charge in [0.15, 0.2) is 5.84 Å². The Bertz CT molecular complexity index is 185. The number of alkyl halides is 3. The van der Waals surface area contributed by atoms with Crippen LogP contribution < -0.4 is 5.32 Å². The van der Waals surface area contributed by atoms with E-state index in [0.717, 1.165) is 0 Å². The van der Waals surface area contributed by atoms with Crippen LogP contribution in [0.1, 0.15) is 0 Å². The van der Waals surface area contributed by atoms with Gasteiger partial charge in [0.1, 0.15) is 18.6 Å². The van der Waals surface area contributed by atoms with Gasteiger partial charge in [-0.3, -0.25) is 0 Å². The summed E-state index contributed by atoms with van der Waals surface area (Å²) in [7, 11) is 0. The second-order valence-electron chi connectivity index (χ2n) is 1.57. The van der Waals surface area contributed by atoms with Crippen LogP contribution in [0.4, 0.5) is 13.2 Å². The quantitative estimate of drug-likeness (QED) is 0.555. The molecule has 0 atom stereocenters. The SMILES string of the molecule is FCC1=[C][N]C(C(F)F)=N1. The first-order valence-electron chi connectivity index (χ1n) is 2.49. The van der Waals surface area contributed by atoms with Crippen LogP contribution >= 0.6 is 0 Å². The fourth-order valence-corrected chi connectivity index (χ4v) is 0.467. The van der Waals surface area contributed by atoms with Crippen molar-refractivity contribution in [3.63, 3.8) is 0 Å². The molecule has 2 radical (unpaired) electrons. The molecule has 0 spiro atoms. The average Bonchev–Trinajstić information content (AvgIpc) is 2.34. The predicted molar refractivity (Wildman–Crippen MR) is 28.3 cm³/mol. The minimum absolute atomic E-state index is 0.171. The summed E-state index contributed by atoms with van der Waals surface area (Å²) < 4.78 is 34.9. The minimum atomic E-state index is -2.74. The molecule has 1 aliphatic heterocycles. The van der Waals surface area contributed by atoms with E-state index >= 15 is 0 Å². The Morgan fingerprint density at radius 3 is 2.50 bits per heavy atom. The number of hydrogen-bond acceptors (Lipinski definition) is 1. The fourth-order valence-electron chi connectivity index (χ4n) is 0.467. The summed E-state index contributed by atoms with van der Waals surface area (Å²) in [6.45, 7) is -0.903. The molecule has 0 bridgehead atoms. The molecule has 0 aromatic rings. The van der Waals surface area contributed by atoms with Gasteiger partial charge in [-0.2, -0.15) is 0 Å². The van der Waals surface area contributed by atoms with Gasteiger partial charge in [0.05, 0.1) is 0 Å². The zero-order valence-corrected chi connectivity index (χ0v) is 4.81. The number of amidine groups is 1. The maximum absolute atomic E-state index is 11.6. The van der Waals surface area contributed by atoms with Gasteiger partial charge in [-0.25, -0.2) is 23.5 Å². The third-order valence-corrected chi connectivity index (χ3v) is 0.871. The zero-order valence-electron chi connectivity index (χ0n) is 4.81. The normalized spacial score (nSPS) is 16.8. The van der Waals surface area contributed by atoms with Gasteiger partial charge in [0, 0.05) is 0 Å². The Labute approximate surface area is 55.4 Å². The molecule has 0 aromatic heterocycles. The highest BCUT2D eigenvalue weighted by molar-refractivity contribution is 5.87. The molecule has 1 heterocycles. The molecule has 0 N–H and O–H groups in total. The van der Waals surface area contributed by atoms with E-state index in [1.165, 1.54) is 0 Å². The molecule has 0 fully saturated rings. The summed E-state index contributed by atoms with van der Waals surface area (Å²) in [4.78, 5) is 3.14. The van der Waals surface area contributed by atoms with E-state index in [1.54, 1.807) is 0 Å². The highest BCUT2D eigenvalue weighted by Crippen LogP contribution is 2.07. The van der Waals surface area contributed by atoms with Crippen LogP contribution in [-0.2, 0) is 0 Å². The fraction of sp³-hybridized carbons (Fsp3) is 0.400. The Morgan fingerprint density at radius 1 is 1.50 bits per heavy atom. The first kappa shape index (κ1) is 7.11. The van der Waals surface area contributed by atoms with Crippen LogP contribution in [-0.4, -0.2) is 18.9 Å². The van der Waals surface area contributed by atoms with Crippen molar-refractivity contribution in [1.29, 1.82) is 0 Å². The van der Waals surface area contributed by atoms with Crippen LogP contribution in [0.15, 0.2) is 10.7 Å². The van der Waals surface area contributed by atoms with Crippen LogP contribution in [0, 0.1) is 6.20 Å². The standard InChI is InChI=1S/C5H3F3N2/c6-1-3-2-9-5(10-3)4(7)8/h4H,1H2. The molecule has 0 aromatic carbocycles. The Hall–Kier alpha value is -1.00. The van der Waals surface area contributed by atoms with E-state index in [4.69, 9.17) is 0 Å². The monoisotopic (exact) mass is 148 g/mol. The van der Waals surface area contributed by atoms with Gasteiger partial charge >= 0.3 is 0 Å². The van der Waals surface area contributed by atoms with E-state index in [9.17, 15) is 13.2 Å². The van der Waals surface area contributed by atoms with E-state index in [2.05, 4.69) is 10.3 Å². The molecule has 0 saturated heterocycles. The van der Waals surface area contributed by atoms with Gasteiger partial charge in [-0.1, -0.05) is 0 Å². The van der Waals surface area contributed by atoms with Gasteiger partial charge in [-0.05, 0) is 0 Å². The molecular weight excluding hydrogens is 145 g/mol. The molecule has 0 unspecified atom stereocenters. The van der Waals surface area contributed by atoms with Crippen molar-refractivity contribution in [1.82, 2.24) is 5.32 Å². The van der Waals surface area contributed by atoms with Crippen molar-refractivity contribution in [2.24, 2.45) is 4.99 Å². The summed E-state index contributed by atoms with van der Waals surface area (Å²) in [5.41, 5.74) is -0.171. The lowest BCUT2D eigenvalue weighted by molar-refractivity contribution is 0.222. The van der Waals surface area contributed by atoms with Crippen LogP contribution in [0.25, 0.3) is 0 Å². The Kier molecular flexibility index (Phi) is 1.94. The summed E-state index contributed by atoms with van der Waals surface area (Å²) in [5.74, 6) is -0.660. The van der Waals surface area contributed by atoms with Crippen LogP contribution in [0.2, 0.25) is 0 Å². The van der Waals surface area contributed by atoms with Crippen molar-refractivity contribution in [3.8, 4) is 0 Å². The van der Waals surface area contributed by atoms with E-state index < -0.39 is 18.9 Å². The zero-order chi connectivity index (χ0) is 7.56. The number of halogens is 3. The lowest BCUT2D eigenvalue weighted by atomic mass is 10.5. The number of hydrogen-bond donors (Lipinski definition) is 0. The largest absolute Gasteiger partial charge is 0.297 e. The van der Waals surface area contributed by atoms with Gasteiger partial charge < -0.3 is 0 Å². The molecule has 5 heteroatoms. The van der Waals surface area contributed by atoms with Gasteiger partial charge in [0.25, 0.3) is 6.43 Å². The molecule has 0 amide bonds. The lowest BCUT2D eigenvalue weighted by Crippen LogP contribution is -2.16. The summed E-state index contributed by atoms with van der Waals surface area (Å²) in [6, 6.07) is 0. The molecule has 1 rings (SSSR count). The lowest BCUT2D eigenvalue weighted by Gasteiger charge is -1.92. The second kappa shape index (κ2) is 2.72. The number of nitrogens with zero attached hydrogens (tertiary/aromatic N) is 2. The highest BCUT2D eigenvalue weighted by atomic mass is 19.3. The molecule has 0 aliphatic carbocycles. The molecular formula is C5H3F3N2. The van der Waals surface area contributed by atoms with E-state index in [1.807, 2.05) is 6.20 Å². The maximum Gasteiger partial charge on any atom is 0.297 e. The summed E-state index contributed by atoms with van der Waals surface area (Å²) >= 11 is 0. The first-order chi connectivity index (χ1) is 4.74. The van der Waals surface area contributed by atoms with Crippen molar-refractivity contribution in [2.45, 2.75) is 6.43 Å². The highest BCUT2D eigenvalue weighted by Gasteiger charge is 2.19. The molecule has 0 saturated carbocycles. The Balaban J connectivity index is 2.57. The third kappa shape index (κ3) is 1.29. The third-order valence-electron chi connectivity index (χ3n) is 0.871. The summed E-state index contributed by atoms with van der Waals surface area (Å²) in [5, 5.41) is 3.06. The molecule has 2 nitrogen and oxygen atoms in total. The smallest absolute Gasteiger partial charge is 0.244 e. The number of aliphatic imine (C=N–C) groups is 1. The van der Waals surface area contributed by atoms with Gasteiger partial charge in [0.2, 0.25) is 0 Å². The van der Waals surface area contributed by atoms with E-state index in [0.29, 0.717) is 0 Å². The molecule has 54 valence electrons. The first-order valence-corrected chi connectivity index (χ1v) is 2.49. The second-order valence-corrected chi connectivity index (χ2v) is 1.57. The van der Waals surface area contributed by atoms with Crippen molar-refractivity contribution in [2.75, 3.05) is 6.67 Å². The van der Waals surface area contributed by atoms with Gasteiger partial charge in [-0.15, -0.1) is 0 Å². The number of allylic oxidation sites excluding steroid dienone is 1. The van der Waals surface area contributed by atoms with Crippen molar-refractivity contribution in [3.05, 3.63) is 11.9 Å². The van der Waals surface area contributed by atoms with E-state index in [-0.39, 0.29) is 5.70 Å². The van der Waals surface area contributed by atoms with Crippen molar-refractivity contribution >= 4 is 5.84 Å². The summed E-state index contributed by atoms with van der Waals surface area (Å²) in [6.07, 6.45) is -0.719. The van der Waals surface area contributed by atoms with Crippen molar-refractivity contribution < 1.29 is 13.2 Å². The van der Waals surface area contributed by atoms with Crippen LogP contribution in [0.5, 0.6) is 0 Å². The minimum Gasteiger partial charge on any atom is -0.244 e. The number of rotatable bonds is 2. The predicted octanol–water partition coefficient (Wildman–Crippen LogP) is 0.882.